The maximum Gasteiger partial charge on any atom is 0.227 e. The molecular formula is C20H20N4O2. The number of imidazole rings is 1. The molecule has 1 aromatic carbocycles. The van der Waals surface area contributed by atoms with Crippen LogP contribution >= 0.6 is 0 Å². The first-order valence-electron chi connectivity index (χ1n) is 8.84. The number of aromatic amines is 1. The van der Waals surface area contributed by atoms with Crippen LogP contribution in [0.25, 0.3) is 22.6 Å². The molecule has 0 spiro atoms. The minimum atomic E-state index is -0.116. The van der Waals surface area contributed by atoms with Gasteiger partial charge in [0.15, 0.2) is 5.82 Å². The van der Waals surface area contributed by atoms with E-state index in [4.69, 9.17) is 0 Å². The van der Waals surface area contributed by atoms with Crippen molar-refractivity contribution in [3.05, 3.63) is 42.6 Å². The van der Waals surface area contributed by atoms with Crippen LogP contribution in [-0.4, -0.2) is 26.6 Å². The van der Waals surface area contributed by atoms with Crippen molar-refractivity contribution < 1.29 is 9.59 Å². The van der Waals surface area contributed by atoms with Crippen molar-refractivity contribution >= 4 is 28.4 Å². The number of amides is 1. The van der Waals surface area contributed by atoms with E-state index in [2.05, 4.69) is 20.3 Å². The Balaban J connectivity index is 1.54. The molecule has 3 aromatic rings. The van der Waals surface area contributed by atoms with Crippen molar-refractivity contribution in [2.45, 2.75) is 26.2 Å². The third kappa shape index (κ3) is 3.22. The van der Waals surface area contributed by atoms with Gasteiger partial charge in [-0.15, -0.1) is 0 Å². The number of anilines is 1. The summed E-state index contributed by atoms with van der Waals surface area (Å²) in [5, 5.41) is 2.98. The van der Waals surface area contributed by atoms with Gasteiger partial charge in [0.1, 0.15) is 11.5 Å². The second-order valence-electron chi connectivity index (χ2n) is 6.89. The Morgan fingerprint density at radius 1 is 1.27 bits per heavy atom. The van der Waals surface area contributed by atoms with E-state index >= 15 is 0 Å². The normalized spacial score (nSPS) is 20.3. The zero-order valence-electron chi connectivity index (χ0n) is 14.5. The first kappa shape index (κ1) is 16.4. The third-order valence-corrected chi connectivity index (χ3v) is 4.96. The molecule has 1 aliphatic rings. The van der Waals surface area contributed by atoms with Crippen LogP contribution in [0.1, 0.15) is 26.2 Å². The number of rotatable bonds is 3. The predicted octanol–water partition coefficient (Wildman–Crippen LogP) is 3.57. The molecule has 1 saturated carbocycles. The van der Waals surface area contributed by atoms with Gasteiger partial charge in [-0.3, -0.25) is 14.6 Å². The van der Waals surface area contributed by atoms with Gasteiger partial charge in [0, 0.05) is 30.6 Å². The van der Waals surface area contributed by atoms with Crippen LogP contribution in [0.2, 0.25) is 0 Å². The Hall–Kier alpha value is -3.02. The van der Waals surface area contributed by atoms with Gasteiger partial charge in [-0.1, -0.05) is 13.0 Å². The summed E-state index contributed by atoms with van der Waals surface area (Å²) < 4.78 is 0. The summed E-state index contributed by atoms with van der Waals surface area (Å²) in [5.74, 6) is 0.900. The van der Waals surface area contributed by atoms with Crippen molar-refractivity contribution in [1.82, 2.24) is 15.0 Å². The number of Topliss-reactive ketones (excluding diaryl/α,β-unsaturated/α-hetero) is 1. The topological polar surface area (TPSA) is 87.7 Å². The Bertz CT molecular complexity index is 964. The van der Waals surface area contributed by atoms with Gasteiger partial charge in [-0.2, -0.15) is 0 Å². The lowest BCUT2D eigenvalue weighted by Gasteiger charge is -2.26. The number of pyridine rings is 1. The zero-order chi connectivity index (χ0) is 18.1. The molecule has 2 heterocycles. The van der Waals surface area contributed by atoms with Crippen molar-refractivity contribution in [2.75, 3.05) is 5.32 Å². The fourth-order valence-corrected chi connectivity index (χ4v) is 3.54. The van der Waals surface area contributed by atoms with Crippen LogP contribution in [0.4, 0.5) is 5.69 Å². The summed E-state index contributed by atoms with van der Waals surface area (Å²) in [6, 6.07) is 11.3. The Morgan fingerprint density at radius 2 is 2.15 bits per heavy atom. The van der Waals surface area contributed by atoms with Gasteiger partial charge in [0.05, 0.1) is 11.0 Å². The standard InChI is InChI=1S/C20H20N4O2/c1-12-10-14(25)6-7-15(12)20(26)22-13-5-8-16-18(11-13)24-19(23-16)17-4-2-3-9-21-17/h2-5,8-9,11-12,15H,6-7,10H2,1H3,(H,22,26)(H,23,24)/t12-,15-/m1/s1. The van der Waals surface area contributed by atoms with Gasteiger partial charge >= 0.3 is 0 Å². The summed E-state index contributed by atoms with van der Waals surface area (Å²) in [5.41, 5.74) is 3.16. The molecule has 0 aliphatic heterocycles. The smallest absolute Gasteiger partial charge is 0.227 e. The van der Waals surface area contributed by atoms with Crippen LogP contribution in [0.5, 0.6) is 0 Å². The summed E-state index contributed by atoms with van der Waals surface area (Å²) in [6.45, 7) is 1.97. The molecule has 1 aliphatic carbocycles. The SMILES string of the molecule is C[C@@H]1CC(=O)CC[C@H]1C(=O)Nc1ccc2nc(-c3ccccn3)[nH]c2c1. The number of nitrogens with zero attached hydrogens (tertiary/aromatic N) is 2. The van der Waals surface area contributed by atoms with Gasteiger partial charge in [0.2, 0.25) is 5.91 Å². The number of H-pyrrole nitrogens is 1. The highest BCUT2D eigenvalue weighted by Gasteiger charge is 2.31. The summed E-state index contributed by atoms with van der Waals surface area (Å²) in [6.07, 6.45) is 3.34. The highest BCUT2D eigenvalue weighted by Crippen LogP contribution is 2.29. The largest absolute Gasteiger partial charge is 0.337 e. The number of hydrogen-bond donors (Lipinski definition) is 2. The number of aromatic nitrogens is 3. The predicted molar refractivity (Wildman–Crippen MR) is 99.5 cm³/mol. The number of benzene rings is 1. The maximum absolute atomic E-state index is 12.6. The van der Waals surface area contributed by atoms with Crippen molar-refractivity contribution in [1.29, 1.82) is 0 Å². The zero-order valence-corrected chi connectivity index (χ0v) is 14.5. The fourth-order valence-electron chi connectivity index (χ4n) is 3.54. The number of ketones is 1. The van der Waals surface area contributed by atoms with Crippen LogP contribution in [-0.2, 0) is 9.59 Å². The minimum absolute atomic E-state index is 0.0196. The molecule has 6 heteroatoms. The molecule has 0 unspecified atom stereocenters. The van der Waals surface area contributed by atoms with E-state index in [1.165, 1.54) is 0 Å². The number of fused-ring (bicyclic) bond motifs is 1. The molecule has 0 bridgehead atoms. The molecule has 2 aromatic heterocycles. The van der Waals surface area contributed by atoms with Crippen molar-refractivity contribution in [2.24, 2.45) is 11.8 Å². The van der Waals surface area contributed by atoms with E-state index in [1.54, 1.807) is 6.20 Å². The summed E-state index contributed by atoms with van der Waals surface area (Å²) in [4.78, 5) is 36.2. The van der Waals surface area contributed by atoms with E-state index in [9.17, 15) is 9.59 Å². The molecule has 1 fully saturated rings. The highest BCUT2D eigenvalue weighted by molar-refractivity contribution is 5.96. The minimum Gasteiger partial charge on any atom is -0.337 e. The van der Waals surface area contributed by atoms with E-state index in [0.29, 0.717) is 25.1 Å². The van der Waals surface area contributed by atoms with Crippen molar-refractivity contribution in [3.63, 3.8) is 0 Å². The van der Waals surface area contributed by atoms with E-state index < -0.39 is 0 Å². The summed E-state index contributed by atoms with van der Waals surface area (Å²) >= 11 is 0. The van der Waals surface area contributed by atoms with Gasteiger partial charge < -0.3 is 10.3 Å². The van der Waals surface area contributed by atoms with E-state index in [1.807, 2.05) is 43.3 Å². The Morgan fingerprint density at radius 3 is 2.92 bits per heavy atom. The first-order valence-corrected chi connectivity index (χ1v) is 8.84. The quantitative estimate of drug-likeness (QED) is 0.757. The second-order valence-corrected chi connectivity index (χ2v) is 6.89. The van der Waals surface area contributed by atoms with Gasteiger partial charge in [-0.05, 0) is 42.7 Å². The second kappa shape index (κ2) is 6.71. The lowest BCUT2D eigenvalue weighted by Crippen LogP contribution is -2.33. The van der Waals surface area contributed by atoms with Crippen LogP contribution < -0.4 is 5.32 Å². The van der Waals surface area contributed by atoms with Crippen molar-refractivity contribution in [3.8, 4) is 11.5 Å². The lowest BCUT2D eigenvalue weighted by molar-refractivity contribution is -0.127. The van der Waals surface area contributed by atoms with E-state index in [-0.39, 0.29) is 23.5 Å². The fraction of sp³-hybridized carbons (Fsp3) is 0.300. The van der Waals surface area contributed by atoms with Crippen LogP contribution in [0, 0.1) is 11.8 Å². The lowest BCUT2D eigenvalue weighted by atomic mass is 9.79. The molecule has 2 atom stereocenters. The molecule has 26 heavy (non-hydrogen) atoms. The third-order valence-electron chi connectivity index (χ3n) is 4.96. The first-order chi connectivity index (χ1) is 12.6. The number of carbonyl (C=O) groups is 2. The van der Waals surface area contributed by atoms with Gasteiger partial charge in [-0.25, -0.2) is 4.98 Å². The molecule has 0 radical (unpaired) electrons. The number of hydrogen-bond acceptors (Lipinski definition) is 4. The molecule has 132 valence electrons. The average molecular weight is 348 g/mol. The van der Waals surface area contributed by atoms with E-state index in [0.717, 1.165) is 22.4 Å². The molecule has 6 nitrogen and oxygen atoms in total. The monoisotopic (exact) mass is 348 g/mol. The molecule has 2 N–H and O–H groups in total. The van der Waals surface area contributed by atoms with Crippen LogP contribution in [0.15, 0.2) is 42.6 Å². The highest BCUT2D eigenvalue weighted by atomic mass is 16.2. The molecule has 0 saturated heterocycles. The number of carbonyl (C=O) groups excluding carboxylic acids is 2. The molecule has 1 amide bonds. The molecule has 4 rings (SSSR count). The average Bonchev–Trinajstić information content (AvgIpc) is 3.05. The molecular weight excluding hydrogens is 328 g/mol. The number of nitrogens with one attached hydrogen (secondary N) is 2. The Kier molecular flexibility index (Phi) is 4.24. The summed E-state index contributed by atoms with van der Waals surface area (Å²) in [7, 11) is 0. The van der Waals surface area contributed by atoms with Crippen LogP contribution in [0.3, 0.4) is 0 Å². The van der Waals surface area contributed by atoms with Gasteiger partial charge in [0.25, 0.3) is 0 Å². The maximum atomic E-state index is 12.6. The Labute approximate surface area is 151 Å².